The molecule has 1 aromatic carbocycles. The summed E-state index contributed by atoms with van der Waals surface area (Å²) in [5.41, 5.74) is 1.28. The van der Waals surface area contributed by atoms with Crippen LogP contribution >= 0.6 is 11.6 Å². The van der Waals surface area contributed by atoms with Gasteiger partial charge in [-0.2, -0.15) is 0 Å². The number of rotatable bonds is 5. The monoisotopic (exact) mass is 255 g/mol. The number of hydrogen-bond donors (Lipinski definition) is 1. The van der Waals surface area contributed by atoms with Crippen LogP contribution in [0.2, 0.25) is 5.02 Å². The number of anilines is 1. The lowest BCUT2D eigenvalue weighted by molar-refractivity contribution is -0.0924. The third kappa shape index (κ3) is 3.05. The number of hydrogen-bond acceptors (Lipinski definition) is 3. The van der Waals surface area contributed by atoms with Crippen LogP contribution in [0.25, 0.3) is 0 Å². The molecule has 1 N–H and O–H groups in total. The first kappa shape index (κ1) is 12.5. The molecule has 1 heterocycles. The Labute approximate surface area is 107 Å². The maximum absolute atomic E-state index is 6.12. The smallest absolute Gasteiger partial charge is 0.138 e. The van der Waals surface area contributed by atoms with Crippen molar-refractivity contribution in [3.8, 4) is 5.75 Å². The molecule has 0 spiro atoms. The Morgan fingerprint density at radius 3 is 2.76 bits per heavy atom. The Hall–Kier alpha value is -0.930. The van der Waals surface area contributed by atoms with Gasteiger partial charge in [0.25, 0.3) is 0 Å². The van der Waals surface area contributed by atoms with Crippen LogP contribution in [0.3, 0.4) is 0 Å². The minimum atomic E-state index is 0.255. The highest BCUT2D eigenvalue weighted by atomic mass is 35.5. The average molecular weight is 256 g/mol. The Morgan fingerprint density at radius 2 is 2.24 bits per heavy atom. The van der Waals surface area contributed by atoms with Crippen molar-refractivity contribution in [2.24, 2.45) is 5.41 Å². The quantitative estimate of drug-likeness (QED) is 0.877. The predicted octanol–water partition coefficient (Wildman–Crippen LogP) is 3.19. The molecule has 94 valence electrons. The molecule has 2 rings (SSSR count). The van der Waals surface area contributed by atoms with E-state index >= 15 is 0 Å². The minimum Gasteiger partial charge on any atom is -0.492 e. The summed E-state index contributed by atoms with van der Waals surface area (Å²) in [6.07, 6.45) is 0. The molecule has 0 unspecified atom stereocenters. The van der Waals surface area contributed by atoms with Gasteiger partial charge in [0.1, 0.15) is 5.75 Å². The Morgan fingerprint density at radius 1 is 1.47 bits per heavy atom. The summed E-state index contributed by atoms with van der Waals surface area (Å²) in [7, 11) is 0. The molecule has 0 bridgehead atoms. The fraction of sp³-hybridized carbons (Fsp3) is 0.538. The third-order valence-corrected chi connectivity index (χ3v) is 3.15. The zero-order chi connectivity index (χ0) is 12.3. The molecule has 0 radical (unpaired) electrons. The van der Waals surface area contributed by atoms with E-state index in [0.29, 0.717) is 11.6 Å². The van der Waals surface area contributed by atoms with Crippen molar-refractivity contribution in [2.45, 2.75) is 13.8 Å². The van der Waals surface area contributed by atoms with Crippen LogP contribution in [-0.2, 0) is 4.74 Å². The molecule has 0 aliphatic carbocycles. The SMILES string of the molecule is CCOc1ccc(NCC2(C)COC2)cc1Cl. The van der Waals surface area contributed by atoms with Crippen LogP contribution in [0.5, 0.6) is 5.75 Å². The molecule has 1 aliphatic heterocycles. The zero-order valence-corrected chi connectivity index (χ0v) is 11.0. The van der Waals surface area contributed by atoms with Crippen LogP contribution in [0, 0.1) is 5.41 Å². The summed E-state index contributed by atoms with van der Waals surface area (Å²) in [4.78, 5) is 0. The lowest BCUT2D eigenvalue weighted by Gasteiger charge is -2.38. The minimum absolute atomic E-state index is 0.255. The van der Waals surface area contributed by atoms with Gasteiger partial charge in [0.15, 0.2) is 0 Å². The lowest BCUT2D eigenvalue weighted by Crippen LogP contribution is -2.45. The van der Waals surface area contributed by atoms with E-state index in [4.69, 9.17) is 21.1 Å². The van der Waals surface area contributed by atoms with E-state index in [2.05, 4.69) is 12.2 Å². The summed E-state index contributed by atoms with van der Waals surface area (Å²) in [6.45, 7) is 7.33. The summed E-state index contributed by atoms with van der Waals surface area (Å²) >= 11 is 6.12. The van der Waals surface area contributed by atoms with Gasteiger partial charge in [-0.1, -0.05) is 18.5 Å². The number of nitrogens with one attached hydrogen (secondary N) is 1. The van der Waals surface area contributed by atoms with E-state index in [9.17, 15) is 0 Å². The summed E-state index contributed by atoms with van der Waals surface area (Å²) in [6, 6.07) is 5.78. The largest absolute Gasteiger partial charge is 0.492 e. The second-order valence-electron chi connectivity index (χ2n) is 4.74. The molecule has 0 saturated carbocycles. The molecular weight excluding hydrogens is 238 g/mol. The fourth-order valence-electron chi connectivity index (χ4n) is 1.75. The fourth-order valence-corrected chi connectivity index (χ4v) is 1.99. The molecule has 0 atom stereocenters. The van der Waals surface area contributed by atoms with E-state index in [1.165, 1.54) is 0 Å². The molecule has 17 heavy (non-hydrogen) atoms. The highest BCUT2D eigenvalue weighted by molar-refractivity contribution is 6.32. The van der Waals surface area contributed by atoms with Gasteiger partial charge in [-0.15, -0.1) is 0 Å². The van der Waals surface area contributed by atoms with Gasteiger partial charge in [0.2, 0.25) is 0 Å². The molecular formula is C13H18ClNO2. The summed E-state index contributed by atoms with van der Waals surface area (Å²) < 4.78 is 10.6. The first-order valence-electron chi connectivity index (χ1n) is 5.87. The Balaban J connectivity index is 1.95. The highest BCUT2D eigenvalue weighted by Gasteiger charge is 2.32. The standard InChI is InChI=1S/C13H18ClNO2/c1-3-17-12-5-4-10(6-11(12)14)15-7-13(2)8-16-9-13/h4-6,15H,3,7-9H2,1-2H3. The van der Waals surface area contributed by atoms with Gasteiger partial charge in [0.05, 0.1) is 24.8 Å². The van der Waals surface area contributed by atoms with Gasteiger partial charge in [-0.05, 0) is 25.1 Å². The average Bonchev–Trinajstić information content (AvgIpc) is 2.27. The first-order valence-corrected chi connectivity index (χ1v) is 6.25. The molecule has 3 nitrogen and oxygen atoms in total. The van der Waals surface area contributed by atoms with Gasteiger partial charge >= 0.3 is 0 Å². The number of benzene rings is 1. The van der Waals surface area contributed by atoms with Crippen LogP contribution in [0.4, 0.5) is 5.69 Å². The van der Waals surface area contributed by atoms with Crippen molar-refractivity contribution in [2.75, 3.05) is 31.7 Å². The second kappa shape index (κ2) is 5.15. The Bertz CT molecular complexity index is 391. The van der Waals surface area contributed by atoms with E-state index in [1.54, 1.807) is 0 Å². The zero-order valence-electron chi connectivity index (χ0n) is 10.3. The van der Waals surface area contributed by atoms with Crippen molar-refractivity contribution in [1.82, 2.24) is 0 Å². The predicted molar refractivity (Wildman–Crippen MR) is 70.0 cm³/mol. The van der Waals surface area contributed by atoms with Crippen LogP contribution < -0.4 is 10.1 Å². The molecule has 1 fully saturated rings. The summed E-state index contributed by atoms with van der Waals surface area (Å²) in [5, 5.41) is 4.02. The maximum Gasteiger partial charge on any atom is 0.138 e. The van der Waals surface area contributed by atoms with Crippen molar-refractivity contribution in [3.05, 3.63) is 23.2 Å². The molecule has 1 aromatic rings. The third-order valence-electron chi connectivity index (χ3n) is 2.85. The summed E-state index contributed by atoms with van der Waals surface area (Å²) in [5.74, 6) is 0.734. The molecule has 1 aliphatic rings. The van der Waals surface area contributed by atoms with Crippen LogP contribution in [0.15, 0.2) is 18.2 Å². The lowest BCUT2D eigenvalue weighted by atomic mass is 9.89. The van der Waals surface area contributed by atoms with E-state index in [-0.39, 0.29) is 5.41 Å². The molecule has 0 aromatic heterocycles. The van der Waals surface area contributed by atoms with Gasteiger partial charge in [-0.25, -0.2) is 0 Å². The van der Waals surface area contributed by atoms with E-state index < -0.39 is 0 Å². The number of halogens is 1. The van der Waals surface area contributed by atoms with Gasteiger partial charge in [-0.3, -0.25) is 0 Å². The van der Waals surface area contributed by atoms with Crippen LogP contribution in [0.1, 0.15) is 13.8 Å². The Kier molecular flexibility index (Phi) is 3.79. The van der Waals surface area contributed by atoms with E-state index in [0.717, 1.165) is 31.2 Å². The van der Waals surface area contributed by atoms with Crippen molar-refractivity contribution < 1.29 is 9.47 Å². The molecule has 4 heteroatoms. The second-order valence-corrected chi connectivity index (χ2v) is 5.14. The highest BCUT2D eigenvalue weighted by Crippen LogP contribution is 2.30. The van der Waals surface area contributed by atoms with Crippen molar-refractivity contribution >= 4 is 17.3 Å². The first-order chi connectivity index (χ1) is 8.13. The van der Waals surface area contributed by atoms with Gasteiger partial charge in [0, 0.05) is 17.6 Å². The molecule has 1 saturated heterocycles. The van der Waals surface area contributed by atoms with Crippen molar-refractivity contribution in [3.63, 3.8) is 0 Å². The van der Waals surface area contributed by atoms with E-state index in [1.807, 2.05) is 25.1 Å². The van der Waals surface area contributed by atoms with Gasteiger partial charge < -0.3 is 14.8 Å². The topological polar surface area (TPSA) is 30.5 Å². The van der Waals surface area contributed by atoms with Crippen LogP contribution in [-0.4, -0.2) is 26.4 Å². The molecule has 0 amide bonds. The maximum atomic E-state index is 6.12. The normalized spacial score (nSPS) is 17.4. The van der Waals surface area contributed by atoms with Crippen molar-refractivity contribution in [1.29, 1.82) is 0 Å². The number of ether oxygens (including phenoxy) is 2.